The molecule has 0 aliphatic rings. The Morgan fingerprint density at radius 3 is 2.07 bits per heavy atom. The molecule has 0 aliphatic heterocycles. The molecule has 3 rings (SSSR count). The van der Waals surface area contributed by atoms with Crippen LogP contribution in [0.3, 0.4) is 0 Å². The lowest BCUT2D eigenvalue weighted by atomic mass is 10.1. The molecule has 146 valence electrons. The summed E-state index contributed by atoms with van der Waals surface area (Å²) in [5.41, 5.74) is 3.15. The van der Waals surface area contributed by atoms with E-state index in [1.807, 2.05) is 11.5 Å². The van der Waals surface area contributed by atoms with E-state index in [9.17, 15) is 18.7 Å². The molecule has 1 aromatic heterocycles. The molecule has 0 atom stereocenters. The third-order valence-electron chi connectivity index (χ3n) is 4.99. The highest BCUT2D eigenvalue weighted by Crippen LogP contribution is 2.24. The molecule has 28 heavy (non-hydrogen) atoms. The first-order valence-corrected chi connectivity index (χ1v) is 8.99. The molecular weight excluding hydrogens is 362 g/mol. The van der Waals surface area contributed by atoms with Gasteiger partial charge in [-0.2, -0.15) is 0 Å². The molecule has 4 nitrogen and oxygen atoms in total. The lowest BCUT2D eigenvalue weighted by Crippen LogP contribution is -2.16. The highest BCUT2D eigenvalue weighted by molar-refractivity contribution is 5.91. The Balaban J connectivity index is 1.87. The zero-order valence-corrected chi connectivity index (χ0v) is 15.8. The predicted octanol–water partition coefficient (Wildman–Crippen LogP) is 4.42. The van der Waals surface area contributed by atoms with Crippen molar-refractivity contribution in [1.29, 1.82) is 0 Å². The highest BCUT2D eigenvalue weighted by atomic mass is 19.1. The number of nitrogens with one attached hydrogen (secondary N) is 1. The summed E-state index contributed by atoms with van der Waals surface area (Å²) in [6, 6.07) is 12.9. The molecule has 0 unspecified atom stereocenters. The average Bonchev–Trinajstić information content (AvgIpc) is 2.89. The second-order valence-corrected chi connectivity index (χ2v) is 6.70. The van der Waals surface area contributed by atoms with E-state index in [1.165, 1.54) is 12.1 Å². The number of aromatic nitrogens is 1. The van der Waals surface area contributed by atoms with Crippen LogP contribution in [0.5, 0.6) is 0 Å². The molecule has 0 fully saturated rings. The van der Waals surface area contributed by atoms with Gasteiger partial charge in [-0.05, 0) is 26.0 Å². The van der Waals surface area contributed by atoms with Crippen LogP contribution in [0.2, 0.25) is 0 Å². The molecule has 2 aromatic carbocycles. The lowest BCUT2D eigenvalue weighted by molar-refractivity contribution is 0.0694. The number of rotatable bonds is 7. The van der Waals surface area contributed by atoms with E-state index in [1.54, 1.807) is 43.3 Å². The van der Waals surface area contributed by atoms with Gasteiger partial charge < -0.3 is 15.0 Å². The maximum atomic E-state index is 14.1. The number of carboxylic acid groups (broad SMARTS) is 1. The summed E-state index contributed by atoms with van der Waals surface area (Å²) in [6.07, 6.45) is 0. The second-order valence-electron chi connectivity index (χ2n) is 6.70. The van der Waals surface area contributed by atoms with Gasteiger partial charge in [0.2, 0.25) is 0 Å². The monoisotopic (exact) mass is 384 g/mol. The van der Waals surface area contributed by atoms with Gasteiger partial charge in [-0.3, -0.25) is 0 Å². The van der Waals surface area contributed by atoms with Gasteiger partial charge in [0.1, 0.15) is 11.6 Å². The van der Waals surface area contributed by atoms with Gasteiger partial charge in [0.15, 0.2) is 0 Å². The van der Waals surface area contributed by atoms with Crippen molar-refractivity contribution in [2.24, 2.45) is 0 Å². The first kappa shape index (κ1) is 19.8. The largest absolute Gasteiger partial charge is 0.478 e. The van der Waals surface area contributed by atoms with Crippen molar-refractivity contribution in [3.05, 3.63) is 93.8 Å². The maximum Gasteiger partial charge on any atom is 0.337 e. The Morgan fingerprint density at radius 2 is 1.50 bits per heavy atom. The van der Waals surface area contributed by atoms with Gasteiger partial charge in [0.05, 0.1) is 12.1 Å². The first-order chi connectivity index (χ1) is 13.4. The third-order valence-corrected chi connectivity index (χ3v) is 4.99. The van der Waals surface area contributed by atoms with E-state index < -0.39 is 5.97 Å². The van der Waals surface area contributed by atoms with Gasteiger partial charge in [-0.15, -0.1) is 0 Å². The molecule has 0 amide bonds. The molecular formula is C22H22F2N2O2. The van der Waals surface area contributed by atoms with Crippen LogP contribution < -0.4 is 5.32 Å². The normalized spacial score (nSPS) is 11.0. The van der Waals surface area contributed by atoms with E-state index in [-0.39, 0.29) is 36.8 Å². The Labute approximate surface area is 162 Å². The molecule has 0 radical (unpaired) electrons. The van der Waals surface area contributed by atoms with Crippen LogP contribution in [0.4, 0.5) is 8.78 Å². The second kappa shape index (κ2) is 8.35. The van der Waals surface area contributed by atoms with Crippen molar-refractivity contribution in [2.45, 2.75) is 33.5 Å². The Bertz CT molecular complexity index is 1010. The summed E-state index contributed by atoms with van der Waals surface area (Å²) in [7, 11) is 0. The van der Waals surface area contributed by atoms with Crippen LogP contribution >= 0.6 is 0 Å². The fourth-order valence-electron chi connectivity index (χ4n) is 3.45. The standard InChI is InChI=1S/C22H22F2N2O2/c1-14-18(12-25-11-16-7-3-5-9-19(16)23)21(22(27)28)15(2)26(14)13-17-8-4-6-10-20(17)24/h3-10,25H,11-13H2,1-2H3,(H,27,28). The van der Waals surface area contributed by atoms with Gasteiger partial charge in [0.25, 0.3) is 0 Å². The SMILES string of the molecule is Cc1c(CNCc2ccccc2F)c(C(=O)O)c(C)n1Cc1ccccc1F. The summed E-state index contributed by atoms with van der Waals surface area (Å²) >= 11 is 0. The lowest BCUT2D eigenvalue weighted by Gasteiger charge is -2.11. The van der Waals surface area contributed by atoms with Crippen LogP contribution in [-0.4, -0.2) is 15.6 Å². The highest BCUT2D eigenvalue weighted by Gasteiger charge is 2.23. The third kappa shape index (κ3) is 3.97. The zero-order valence-electron chi connectivity index (χ0n) is 15.8. The van der Waals surface area contributed by atoms with Crippen molar-refractivity contribution in [3.8, 4) is 0 Å². The van der Waals surface area contributed by atoms with Gasteiger partial charge in [-0.25, -0.2) is 13.6 Å². The summed E-state index contributed by atoms with van der Waals surface area (Å²) < 4.78 is 29.6. The number of nitrogens with zero attached hydrogens (tertiary/aromatic N) is 1. The minimum atomic E-state index is -1.03. The smallest absolute Gasteiger partial charge is 0.337 e. The van der Waals surface area contributed by atoms with E-state index in [0.717, 1.165) is 5.69 Å². The topological polar surface area (TPSA) is 54.3 Å². The van der Waals surface area contributed by atoms with Crippen LogP contribution in [-0.2, 0) is 19.6 Å². The molecule has 2 N–H and O–H groups in total. The number of hydrogen-bond acceptors (Lipinski definition) is 2. The molecule has 3 aromatic rings. The first-order valence-electron chi connectivity index (χ1n) is 8.99. The van der Waals surface area contributed by atoms with E-state index in [2.05, 4.69) is 5.32 Å². The average molecular weight is 384 g/mol. The van der Waals surface area contributed by atoms with Crippen LogP contribution in [0.25, 0.3) is 0 Å². The molecule has 0 spiro atoms. The molecule has 1 heterocycles. The van der Waals surface area contributed by atoms with Crippen LogP contribution in [0, 0.1) is 25.5 Å². The van der Waals surface area contributed by atoms with Crippen molar-refractivity contribution < 1.29 is 18.7 Å². The minimum Gasteiger partial charge on any atom is -0.478 e. The number of benzene rings is 2. The predicted molar refractivity (Wildman–Crippen MR) is 103 cm³/mol. The number of carbonyl (C=O) groups is 1. The number of hydrogen-bond donors (Lipinski definition) is 2. The van der Waals surface area contributed by atoms with E-state index in [0.29, 0.717) is 22.4 Å². The van der Waals surface area contributed by atoms with Crippen molar-refractivity contribution in [3.63, 3.8) is 0 Å². The van der Waals surface area contributed by atoms with E-state index in [4.69, 9.17) is 0 Å². The fourth-order valence-corrected chi connectivity index (χ4v) is 3.45. The Morgan fingerprint density at radius 1 is 0.929 bits per heavy atom. The molecule has 0 aliphatic carbocycles. The summed E-state index contributed by atoms with van der Waals surface area (Å²) in [5.74, 6) is -1.67. The summed E-state index contributed by atoms with van der Waals surface area (Å²) in [5, 5.41) is 12.8. The fraction of sp³-hybridized carbons (Fsp3) is 0.227. The molecule has 0 bridgehead atoms. The van der Waals surface area contributed by atoms with Gasteiger partial charge >= 0.3 is 5.97 Å². The quantitative estimate of drug-likeness (QED) is 0.634. The maximum absolute atomic E-state index is 14.1. The Hall–Kier alpha value is -2.99. The van der Waals surface area contributed by atoms with Gasteiger partial charge in [0, 0.05) is 41.2 Å². The van der Waals surface area contributed by atoms with Crippen LogP contribution in [0.15, 0.2) is 48.5 Å². The summed E-state index contributed by atoms with van der Waals surface area (Å²) in [6.45, 7) is 4.34. The minimum absolute atomic E-state index is 0.204. The molecule has 0 saturated heterocycles. The Kier molecular flexibility index (Phi) is 5.90. The van der Waals surface area contributed by atoms with Crippen molar-refractivity contribution >= 4 is 5.97 Å². The van der Waals surface area contributed by atoms with E-state index >= 15 is 0 Å². The number of halogens is 2. The molecule has 0 saturated carbocycles. The van der Waals surface area contributed by atoms with Crippen molar-refractivity contribution in [1.82, 2.24) is 9.88 Å². The molecule has 6 heteroatoms. The number of carboxylic acids is 1. The van der Waals surface area contributed by atoms with Crippen LogP contribution in [0.1, 0.15) is 38.4 Å². The van der Waals surface area contributed by atoms with Gasteiger partial charge in [-0.1, -0.05) is 36.4 Å². The summed E-state index contributed by atoms with van der Waals surface area (Å²) in [4.78, 5) is 11.8. The van der Waals surface area contributed by atoms with Crippen molar-refractivity contribution in [2.75, 3.05) is 0 Å². The zero-order chi connectivity index (χ0) is 20.3. The number of aromatic carboxylic acids is 1.